The summed E-state index contributed by atoms with van der Waals surface area (Å²) in [4.78, 5) is 21.1. The summed E-state index contributed by atoms with van der Waals surface area (Å²) in [7, 11) is 0. The molecule has 0 bridgehead atoms. The Morgan fingerprint density at radius 3 is 2.05 bits per heavy atom. The van der Waals surface area contributed by atoms with E-state index in [0.29, 0.717) is 27.8 Å². The lowest BCUT2D eigenvalue weighted by Crippen LogP contribution is -2.15. The molecule has 2 atom stereocenters. The van der Waals surface area contributed by atoms with Crippen molar-refractivity contribution >= 4 is 28.1 Å². The first-order valence-corrected chi connectivity index (χ1v) is 14.4. The number of aliphatic imine (C=N–C) groups is 1. The van der Waals surface area contributed by atoms with Gasteiger partial charge in [-0.15, -0.1) is 0 Å². The van der Waals surface area contributed by atoms with E-state index in [9.17, 15) is 9.90 Å². The Kier molecular flexibility index (Phi) is 9.48. The Morgan fingerprint density at radius 1 is 0.842 bits per heavy atom. The minimum atomic E-state index is -0.207. The van der Waals surface area contributed by atoms with Crippen LogP contribution in [0, 0.1) is 0 Å². The van der Waals surface area contributed by atoms with Gasteiger partial charge in [0.05, 0.1) is 29.0 Å². The molecule has 2 aromatic carbocycles. The van der Waals surface area contributed by atoms with Crippen molar-refractivity contribution in [2.45, 2.75) is 104 Å². The number of aromatic nitrogens is 1. The van der Waals surface area contributed by atoms with Crippen molar-refractivity contribution in [1.82, 2.24) is 4.98 Å². The summed E-state index contributed by atoms with van der Waals surface area (Å²) in [6.45, 7) is 8.67. The number of rotatable bonds is 15. The first-order valence-electron chi connectivity index (χ1n) is 14.4. The van der Waals surface area contributed by atoms with Gasteiger partial charge in [0, 0.05) is 17.5 Å². The predicted octanol–water partition coefficient (Wildman–Crippen LogP) is 8.67. The minimum absolute atomic E-state index is 0.0277. The molecule has 6 heteroatoms. The van der Waals surface area contributed by atoms with Gasteiger partial charge in [0.25, 0.3) is 0 Å². The van der Waals surface area contributed by atoms with E-state index in [1.54, 1.807) is 6.07 Å². The number of hydrogen-bond donors (Lipinski definition) is 2. The molecule has 204 valence electrons. The largest absolute Gasteiger partial charge is 0.505 e. The van der Waals surface area contributed by atoms with Crippen molar-refractivity contribution in [3.63, 3.8) is 0 Å². The van der Waals surface area contributed by atoms with Crippen LogP contribution < -0.4 is 9.47 Å². The highest BCUT2D eigenvalue weighted by atomic mass is 16.5. The number of carbonyl (C=O) groups excluding carboxylic acids is 1. The van der Waals surface area contributed by atoms with Gasteiger partial charge in [-0.3, -0.25) is 4.79 Å². The molecule has 0 saturated carbocycles. The van der Waals surface area contributed by atoms with E-state index in [1.165, 1.54) is 25.7 Å². The van der Waals surface area contributed by atoms with Crippen LogP contribution >= 0.6 is 0 Å². The molecule has 0 aliphatic carbocycles. The number of nitrogens with zero attached hydrogens (tertiary/aromatic N) is 1. The topological polar surface area (TPSA) is 83.9 Å². The third-order valence-corrected chi connectivity index (χ3v) is 7.42. The zero-order valence-electron chi connectivity index (χ0n) is 23.3. The third-order valence-electron chi connectivity index (χ3n) is 7.42. The Morgan fingerprint density at radius 2 is 1.45 bits per heavy atom. The maximum Gasteiger partial charge on any atom is 0.215 e. The first kappa shape index (κ1) is 27.7. The minimum Gasteiger partial charge on any atom is -0.505 e. The highest BCUT2D eigenvalue weighted by Crippen LogP contribution is 2.38. The number of fused-ring (bicyclic) bond motifs is 2. The maximum absolute atomic E-state index is 13.2. The van der Waals surface area contributed by atoms with E-state index in [1.807, 2.05) is 30.3 Å². The predicted molar refractivity (Wildman–Crippen MR) is 155 cm³/mol. The van der Waals surface area contributed by atoms with Crippen LogP contribution in [0.15, 0.2) is 41.4 Å². The summed E-state index contributed by atoms with van der Waals surface area (Å²) in [6.07, 6.45) is 11.3. The van der Waals surface area contributed by atoms with Gasteiger partial charge in [0.2, 0.25) is 5.78 Å². The summed E-state index contributed by atoms with van der Waals surface area (Å²) in [5.74, 6) is 1.29. The number of H-pyrrole nitrogens is 1. The SMILES string of the molecule is CCCCCC(CC)Oc1ccc2c(c1)N=C(c1[nH]c3cc(OC(CC)CCCCC)ccc3c1O)C2=O. The van der Waals surface area contributed by atoms with E-state index >= 15 is 0 Å². The molecule has 0 amide bonds. The second-order valence-electron chi connectivity index (χ2n) is 10.3. The second kappa shape index (κ2) is 13.0. The van der Waals surface area contributed by atoms with Crippen LogP contribution in [0.3, 0.4) is 0 Å². The molecule has 2 unspecified atom stereocenters. The average Bonchev–Trinajstić information content (AvgIpc) is 3.42. The molecule has 1 aliphatic heterocycles. The number of ketones is 1. The summed E-state index contributed by atoms with van der Waals surface area (Å²) in [5, 5.41) is 11.6. The zero-order chi connectivity index (χ0) is 27.1. The lowest BCUT2D eigenvalue weighted by molar-refractivity contribution is 0.106. The van der Waals surface area contributed by atoms with E-state index in [-0.39, 0.29) is 29.5 Å². The van der Waals surface area contributed by atoms with E-state index in [2.05, 4.69) is 37.7 Å². The second-order valence-corrected chi connectivity index (χ2v) is 10.3. The van der Waals surface area contributed by atoms with Crippen molar-refractivity contribution in [3.05, 3.63) is 47.7 Å². The number of aromatic amines is 1. The molecule has 3 aromatic rings. The Labute approximate surface area is 226 Å². The van der Waals surface area contributed by atoms with Crippen LogP contribution in [-0.4, -0.2) is 33.8 Å². The van der Waals surface area contributed by atoms with E-state index in [4.69, 9.17) is 9.47 Å². The first-order chi connectivity index (χ1) is 18.5. The van der Waals surface area contributed by atoms with Gasteiger partial charge in [0.15, 0.2) is 5.75 Å². The fourth-order valence-corrected chi connectivity index (χ4v) is 5.07. The van der Waals surface area contributed by atoms with Crippen LogP contribution in [0.4, 0.5) is 5.69 Å². The summed E-state index contributed by atoms with van der Waals surface area (Å²) in [6, 6.07) is 11.1. The van der Waals surface area contributed by atoms with Gasteiger partial charge in [0.1, 0.15) is 22.9 Å². The summed E-state index contributed by atoms with van der Waals surface area (Å²) in [5.41, 5.74) is 2.36. The van der Waals surface area contributed by atoms with Crippen LogP contribution in [0.5, 0.6) is 17.2 Å². The van der Waals surface area contributed by atoms with E-state index < -0.39 is 0 Å². The quantitative estimate of drug-likeness (QED) is 0.197. The lowest BCUT2D eigenvalue weighted by Gasteiger charge is -2.17. The van der Waals surface area contributed by atoms with Crippen molar-refractivity contribution in [1.29, 1.82) is 0 Å². The smallest absolute Gasteiger partial charge is 0.215 e. The molecular formula is C32H42N2O4. The number of carbonyl (C=O) groups is 1. The van der Waals surface area contributed by atoms with Crippen LogP contribution in [0.25, 0.3) is 10.9 Å². The van der Waals surface area contributed by atoms with Crippen molar-refractivity contribution in [2.24, 2.45) is 4.99 Å². The van der Waals surface area contributed by atoms with Gasteiger partial charge >= 0.3 is 0 Å². The normalized spacial score (nSPS) is 14.4. The Hall–Kier alpha value is -3.28. The molecule has 0 fully saturated rings. The van der Waals surface area contributed by atoms with Crippen molar-refractivity contribution in [2.75, 3.05) is 0 Å². The van der Waals surface area contributed by atoms with E-state index in [0.717, 1.165) is 50.0 Å². The third kappa shape index (κ3) is 6.23. The molecule has 2 heterocycles. The average molecular weight is 519 g/mol. The van der Waals surface area contributed by atoms with Gasteiger partial charge in [-0.05, 0) is 62.8 Å². The van der Waals surface area contributed by atoms with Crippen LogP contribution in [0.2, 0.25) is 0 Å². The summed E-state index contributed by atoms with van der Waals surface area (Å²) >= 11 is 0. The molecule has 4 rings (SSSR count). The van der Waals surface area contributed by atoms with Crippen molar-refractivity contribution in [3.8, 4) is 17.2 Å². The van der Waals surface area contributed by atoms with Gasteiger partial charge < -0.3 is 19.6 Å². The monoisotopic (exact) mass is 518 g/mol. The molecule has 1 aliphatic rings. The fourth-order valence-electron chi connectivity index (χ4n) is 5.07. The highest BCUT2D eigenvalue weighted by Gasteiger charge is 2.30. The van der Waals surface area contributed by atoms with Crippen LogP contribution in [0.1, 0.15) is 108 Å². The number of ether oxygens (including phenoxy) is 2. The molecule has 0 radical (unpaired) electrons. The molecule has 0 spiro atoms. The lowest BCUT2D eigenvalue weighted by atomic mass is 10.1. The van der Waals surface area contributed by atoms with Gasteiger partial charge in [-0.25, -0.2) is 4.99 Å². The Bertz CT molecular complexity index is 1280. The van der Waals surface area contributed by atoms with Crippen LogP contribution in [-0.2, 0) is 0 Å². The van der Waals surface area contributed by atoms with Gasteiger partial charge in [-0.2, -0.15) is 0 Å². The molecule has 6 nitrogen and oxygen atoms in total. The van der Waals surface area contributed by atoms with Gasteiger partial charge in [-0.1, -0.05) is 53.4 Å². The van der Waals surface area contributed by atoms with Crippen molar-refractivity contribution < 1.29 is 19.4 Å². The number of nitrogens with one attached hydrogen (secondary N) is 1. The molecular weight excluding hydrogens is 476 g/mol. The molecule has 1 aromatic heterocycles. The number of hydrogen-bond acceptors (Lipinski definition) is 5. The zero-order valence-corrected chi connectivity index (χ0v) is 23.3. The maximum atomic E-state index is 13.2. The number of unbranched alkanes of at least 4 members (excludes halogenated alkanes) is 4. The molecule has 2 N–H and O–H groups in total. The molecule has 38 heavy (non-hydrogen) atoms. The Balaban J connectivity index is 1.53. The standard InChI is InChI=1S/C32H42N2O4/c1-5-9-11-13-21(7-3)37-23-15-17-25-27(19-23)33-29(31(25)35)30-32(36)26-18-16-24(20-28(26)34-30)38-22(8-4)14-12-10-6-2/h15-22,33,35H,5-14H2,1-4H3. The number of aromatic hydroxyl groups is 1. The highest BCUT2D eigenvalue weighted by molar-refractivity contribution is 6.55. The molecule has 0 saturated heterocycles. The number of Topliss-reactive ketones (excluding diaryl/α,β-unsaturated/α-hetero) is 1. The fraction of sp³-hybridized carbons (Fsp3) is 0.500. The summed E-state index contributed by atoms with van der Waals surface area (Å²) < 4.78 is 12.5. The number of benzene rings is 2.